The number of methoxy groups -OCH3 is 1. The first-order valence-corrected chi connectivity index (χ1v) is 9.56. The molecule has 0 bridgehead atoms. The Labute approximate surface area is 158 Å². The van der Waals surface area contributed by atoms with Gasteiger partial charge in [-0.05, 0) is 29.5 Å². The fraction of sp³-hybridized carbons (Fsp3) is 0.300. The van der Waals surface area contributed by atoms with Crippen molar-refractivity contribution in [2.24, 2.45) is 5.73 Å². The largest absolute Gasteiger partial charge is 0.469 e. The van der Waals surface area contributed by atoms with Crippen molar-refractivity contribution >= 4 is 23.6 Å². The van der Waals surface area contributed by atoms with Crippen LogP contribution in [0.25, 0.3) is 0 Å². The van der Waals surface area contributed by atoms with Gasteiger partial charge in [-0.15, -0.1) is 11.8 Å². The molecule has 0 radical (unpaired) electrons. The number of hydrogen-bond donors (Lipinski definition) is 2. The van der Waals surface area contributed by atoms with E-state index >= 15 is 0 Å². The lowest BCUT2D eigenvalue weighted by Crippen LogP contribution is -2.32. The van der Waals surface area contributed by atoms with Crippen LogP contribution in [0.3, 0.4) is 0 Å². The van der Waals surface area contributed by atoms with Gasteiger partial charge in [0.15, 0.2) is 0 Å². The number of benzene rings is 2. The summed E-state index contributed by atoms with van der Waals surface area (Å²) >= 11 is 1.63. The number of thioether (sulfide) groups is 1. The Balaban J connectivity index is 2.07. The molecule has 0 aliphatic carbocycles. The molecule has 3 N–H and O–H groups in total. The summed E-state index contributed by atoms with van der Waals surface area (Å²) in [5.41, 5.74) is 7.88. The summed E-state index contributed by atoms with van der Waals surface area (Å²) in [5.74, 6) is -0.583. The zero-order chi connectivity index (χ0) is 18.9. The van der Waals surface area contributed by atoms with Crippen LogP contribution in [0.1, 0.15) is 36.1 Å². The molecule has 2 rings (SSSR count). The lowest BCUT2D eigenvalue weighted by atomic mass is 10.0. The molecule has 2 atom stereocenters. The first kappa shape index (κ1) is 20.0. The molecule has 6 heteroatoms. The van der Waals surface area contributed by atoms with Crippen LogP contribution < -0.4 is 11.1 Å². The molecule has 0 aliphatic rings. The maximum atomic E-state index is 12.5. The Morgan fingerprint density at radius 3 is 2.27 bits per heavy atom. The SMILES string of the molecule is COC(=O)CC(NC(=O)CC(N)c1ccccc1)c1ccc(SC)cc1. The van der Waals surface area contributed by atoms with E-state index in [0.29, 0.717) is 0 Å². The maximum absolute atomic E-state index is 12.5. The molecule has 0 saturated heterocycles. The fourth-order valence-electron chi connectivity index (χ4n) is 2.61. The highest BCUT2D eigenvalue weighted by Gasteiger charge is 2.20. The second-order valence-corrected chi connectivity index (χ2v) is 6.77. The molecule has 1 amide bonds. The van der Waals surface area contributed by atoms with Crippen molar-refractivity contribution in [2.45, 2.75) is 29.8 Å². The predicted octanol–water partition coefficient (Wildman–Crippen LogP) is 3.22. The summed E-state index contributed by atoms with van der Waals surface area (Å²) in [6.45, 7) is 0. The number of nitrogens with two attached hydrogens (primary N) is 1. The summed E-state index contributed by atoms with van der Waals surface area (Å²) in [5, 5.41) is 2.91. The van der Waals surface area contributed by atoms with Crippen molar-refractivity contribution in [3.8, 4) is 0 Å². The number of amides is 1. The summed E-state index contributed by atoms with van der Waals surface area (Å²) < 4.78 is 4.76. The van der Waals surface area contributed by atoms with Crippen LogP contribution in [0.2, 0.25) is 0 Å². The van der Waals surface area contributed by atoms with Crippen LogP contribution in [0.4, 0.5) is 0 Å². The van der Waals surface area contributed by atoms with Crippen molar-refractivity contribution < 1.29 is 14.3 Å². The third kappa shape index (κ3) is 5.89. The molecule has 26 heavy (non-hydrogen) atoms. The van der Waals surface area contributed by atoms with Gasteiger partial charge in [-0.25, -0.2) is 0 Å². The second kappa shape index (κ2) is 9.99. The van der Waals surface area contributed by atoms with Gasteiger partial charge >= 0.3 is 5.97 Å². The Hall–Kier alpha value is -2.31. The van der Waals surface area contributed by atoms with Crippen molar-refractivity contribution in [3.05, 3.63) is 65.7 Å². The average molecular weight is 372 g/mol. The molecule has 0 saturated carbocycles. The van der Waals surface area contributed by atoms with Crippen LogP contribution in [0.5, 0.6) is 0 Å². The van der Waals surface area contributed by atoms with Gasteiger partial charge in [0.1, 0.15) is 0 Å². The molecule has 0 spiro atoms. The number of hydrogen-bond acceptors (Lipinski definition) is 5. The van der Waals surface area contributed by atoms with Gasteiger partial charge in [0.2, 0.25) is 5.91 Å². The molecule has 5 nitrogen and oxygen atoms in total. The minimum atomic E-state index is -0.450. The number of rotatable bonds is 8. The third-order valence-corrected chi connectivity index (χ3v) is 4.83. The minimum absolute atomic E-state index is 0.0709. The topological polar surface area (TPSA) is 81.4 Å². The zero-order valence-electron chi connectivity index (χ0n) is 15.0. The lowest BCUT2D eigenvalue weighted by Gasteiger charge is -2.20. The summed E-state index contributed by atoms with van der Waals surface area (Å²) in [6, 6.07) is 16.4. The zero-order valence-corrected chi connectivity index (χ0v) is 15.8. The van der Waals surface area contributed by atoms with Gasteiger partial charge < -0.3 is 15.8 Å². The van der Waals surface area contributed by atoms with Crippen LogP contribution in [-0.4, -0.2) is 25.2 Å². The first-order valence-electron chi connectivity index (χ1n) is 8.34. The van der Waals surface area contributed by atoms with E-state index in [9.17, 15) is 9.59 Å². The van der Waals surface area contributed by atoms with E-state index in [0.717, 1.165) is 16.0 Å². The highest BCUT2D eigenvalue weighted by molar-refractivity contribution is 7.98. The second-order valence-electron chi connectivity index (χ2n) is 5.89. The van der Waals surface area contributed by atoms with Gasteiger partial charge in [0.05, 0.1) is 19.6 Å². The summed E-state index contributed by atoms with van der Waals surface area (Å²) in [4.78, 5) is 25.3. The van der Waals surface area contributed by atoms with E-state index in [1.165, 1.54) is 7.11 Å². The van der Waals surface area contributed by atoms with Crippen LogP contribution >= 0.6 is 11.8 Å². The molecule has 2 aromatic carbocycles. The first-order chi connectivity index (χ1) is 12.5. The molecule has 0 aromatic heterocycles. The molecule has 138 valence electrons. The highest BCUT2D eigenvalue weighted by atomic mass is 32.2. The number of ether oxygens (including phenoxy) is 1. The number of nitrogens with one attached hydrogen (secondary N) is 1. The summed E-state index contributed by atoms with van der Waals surface area (Å²) in [6.07, 6.45) is 2.21. The Morgan fingerprint density at radius 1 is 1.04 bits per heavy atom. The standard InChI is InChI=1S/C20H24N2O3S/c1-25-20(24)13-18(15-8-10-16(26-2)11-9-15)22-19(23)12-17(21)14-6-4-3-5-7-14/h3-11,17-18H,12-13,21H2,1-2H3,(H,22,23). The Morgan fingerprint density at radius 2 is 1.69 bits per heavy atom. The quantitative estimate of drug-likeness (QED) is 0.549. The number of esters is 1. The van der Waals surface area contributed by atoms with Crippen molar-refractivity contribution in [3.63, 3.8) is 0 Å². The van der Waals surface area contributed by atoms with Crippen molar-refractivity contribution in [1.82, 2.24) is 5.32 Å². The van der Waals surface area contributed by atoms with E-state index in [1.54, 1.807) is 11.8 Å². The highest BCUT2D eigenvalue weighted by Crippen LogP contribution is 2.22. The monoisotopic (exact) mass is 372 g/mol. The van der Waals surface area contributed by atoms with Gasteiger partial charge in [-0.3, -0.25) is 9.59 Å². The van der Waals surface area contributed by atoms with Gasteiger partial charge in [0.25, 0.3) is 0 Å². The molecular formula is C20H24N2O3S. The van der Waals surface area contributed by atoms with Crippen LogP contribution in [-0.2, 0) is 14.3 Å². The Bertz CT molecular complexity index is 720. The van der Waals surface area contributed by atoms with Gasteiger partial charge in [-0.1, -0.05) is 42.5 Å². The normalized spacial score (nSPS) is 12.9. The smallest absolute Gasteiger partial charge is 0.307 e. The maximum Gasteiger partial charge on any atom is 0.307 e. The van der Waals surface area contributed by atoms with E-state index in [1.807, 2.05) is 60.9 Å². The Kier molecular flexibility index (Phi) is 7.69. The average Bonchev–Trinajstić information content (AvgIpc) is 2.68. The lowest BCUT2D eigenvalue weighted by molar-refractivity contribution is -0.141. The van der Waals surface area contributed by atoms with Crippen molar-refractivity contribution in [1.29, 1.82) is 0 Å². The molecule has 0 fully saturated rings. The molecule has 2 aromatic rings. The van der Waals surface area contributed by atoms with E-state index in [-0.39, 0.29) is 24.7 Å². The minimum Gasteiger partial charge on any atom is -0.469 e. The van der Waals surface area contributed by atoms with Gasteiger partial charge in [0, 0.05) is 17.4 Å². The van der Waals surface area contributed by atoms with Crippen LogP contribution in [0, 0.1) is 0 Å². The van der Waals surface area contributed by atoms with E-state index in [4.69, 9.17) is 10.5 Å². The predicted molar refractivity (Wildman–Crippen MR) is 104 cm³/mol. The molecule has 2 unspecified atom stereocenters. The van der Waals surface area contributed by atoms with E-state index in [2.05, 4.69) is 5.32 Å². The number of carbonyl (C=O) groups excluding carboxylic acids is 2. The summed E-state index contributed by atoms with van der Waals surface area (Å²) in [7, 11) is 1.34. The molecule has 0 heterocycles. The number of carbonyl (C=O) groups is 2. The van der Waals surface area contributed by atoms with E-state index < -0.39 is 12.1 Å². The fourth-order valence-corrected chi connectivity index (χ4v) is 3.02. The molecular weight excluding hydrogens is 348 g/mol. The van der Waals surface area contributed by atoms with Crippen LogP contribution in [0.15, 0.2) is 59.5 Å². The van der Waals surface area contributed by atoms with Gasteiger partial charge in [-0.2, -0.15) is 0 Å². The molecule has 0 aliphatic heterocycles. The van der Waals surface area contributed by atoms with Crippen molar-refractivity contribution in [2.75, 3.05) is 13.4 Å². The third-order valence-electron chi connectivity index (χ3n) is 4.08.